The summed E-state index contributed by atoms with van der Waals surface area (Å²) < 4.78 is 18.7. The minimum atomic E-state index is 0.0800. The van der Waals surface area contributed by atoms with Crippen LogP contribution in [0.25, 0.3) is 76.9 Å². The Hall–Kier alpha value is -7.30. The van der Waals surface area contributed by atoms with Crippen molar-refractivity contribution in [3.63, 3.8) is 0 Å². The molecule has 0 spiro atoms. The van der Waals surface area contributed by atoms with Crippen LogP contribution in [-0.4, -0.2) is 6.10 Å². The monoisotopic (exact) mass is 719 g/mol. The first-order valence-corrected chi connectivity index (χ1v) is 19.1. The average Bonchev–Trinajstić information content (AvgIpc) is 3.95. The van der Waals surface area contributed by atoms with Crippen molar-refractivity contribution < 1.29 is 13.6 Å². The normalized spacial score (nSPS) is 15.9. The van der Waals surface area contributed by atoms with E-state index in [-0.39, 0.29) is 12.0 Å². The third-order valence-corrected chi connectivity index (χ3v) is 11.6. The van der Waals surface area contributed by atoms with Crippen molar-refractivity contribution in [2.45, 2.75) is 12.0 Å². The summed E-state index contributed by atoms with van der Waals surface area (Å²) >= 11 is 0. The molecule has 264 valence electrons. The first-order chi connectivity index (χ1) is 27.7. The van der Waals surface area contributed by atoms with E-state index < -0.39 is 0 Å². The van der Waals surface area contributed by atoms with E-state index in [4.69, 9.17) is 13.6 Å². The fourth-order valence-electron chi connectivity index (χ4n) is 8.90. The van der Waals surface area contributed by atoms with Gasteiger partial charge >= 0.3 is 0 Å². The largest absolute Gasteiger partial charge is 0.485 e. The van der Waals surface area contributed by atoms with Crippen molar-refractivity contribution in [2.24, 2.45) is 0 Å². The molecule has 0 fully saturated rings. The zero-order valence-corrected chi connectivity index (χ0v) is 30.2. The molecule has 2 unspecified atom stereocenters. The number of anilines is 3. The van der Waals surface area contributed by atoms with Crippen LogP contribution in [0.4, 0.5) is 17.1 Å². The highest BCUT2D eigenvalue weighted by Crippen LogP contribution is 2.46. The van der Waals surface area contributed by atoms with E-state index in [0.29, 0.717) is 0 Å². The van der Waals surface area contributed by atoms with Crippen LogP contribution >= 0.6 is 0 Å². The molecule has 4 nitrogen and oxygen atoms in total. The second-order valence-electron chi connectivity index (χ2n) is 14.8. The summed E-state index contributed by atoms with van der Waals surface area (Å²) in [6.45, 7) is 0. The molecular formula is C52H33NO3. The molecule has 0 saturated heterocycles. The summed E-state index contributed by atoms with van der Waals surface area (Å²) in [5, 5.41) is 6.87. The summed E-state index contributed by atoms with van der Waals surface area (Å²) in [4.78, 5) is 2.32. The molecule has 0 radical (unpaired) electrons. The summed E-state index contributed by atoms with van der Waals surface area (Å²) in [6, 6.07) is 58.3. The Balaban J connectivity index is 0.928. The topological polar surface area (TPSA) is 38.8 Å². The van der Waals surface area contributed by atoms with Crippen LogP contribution in [-0.2, 0) is 0 Å². The van der Waals surface area contributed by atoms with E-state index in [2.05, 4.69) is 169 Å². The zero-order valence-electron chi connectivity index (χ0n) is 30.2. The van der Waals surface area contributed by atoms with Gasteiger partial charge in [-0.15, -0.1) is 0 Å². The Kier molecular flexibility index (Phi) is 6.72. The fraction of sp³-hybridized carbons (Fsp3) is 0.0385. The van der Waals surface area contributed by atoms with Crippen molar-refractivity contribution in [1.29, 1.82) is 0 Å². The average molecular weight is 720 g/mol. The first kappa shape index (κ1) is 31.1. The molecule has 0 bridgehead atoms. The van der Waals surface area contributed by atoms with Gasteiger partial charge in [-0.05, 0) is 118 Å². The minimum Gasteiger partial charge on any atom is -0.485 e. The van der Waals surface area contributed by atoms with Gasteiger partial charge in [0.05, 0.1) is 0 Å². The third-order valence-electron chi connectivity index (χ3n) is 11.6. The lowest BCUT2D eigenvalue weighted by atomic mass is 9.87. The van der Waals surface area contributed by atoms with Gasteiger partial charge in [0, 0.05) is 50.1 Å². The molecule has 1 aliphatic heterocycles. The zero-order chi connectivity index (χ0) is 36.7. The van der Waals surface area contributed by atoms with Gasteiger partial charge in [0.25, 0.3) is 0 Å². The molecule has 0 amide bonds. The summed E-state index contributed by atoms with van der Waals surface area (Å²) in [5.41, 5.74) is 12.7. The molecule has 1 aliphatic carbocycles. The highest BCUT2D eigenvalue weighted by Gasteiger charge is 2.33. The molecule has 0 saturated carbocycles. The maximum Gasteiger partial charge on any atom is 0.135 e. The van der Waals surface area contributed by atoms with Gasteiger partial charge in [-0.25, -0.2) is 0 Å². The van der Waals surface area contributed by atoms with Crippen molar-refractivity contribution in [1.82, 2.24) is 0 Å². The molecule has 2 aromatic heterocycles. The smallest absolute Gasteiger partial charge is 0.135 e. The summed E-state index contributed by atoms with van der Waals surface area (Å²) in [5.74, 6) is 1.25. The maximum atomic E-state index is 6.28. The molecule has 4 heteroatoms. The van der Waals surface area contributed by atoms with Crippen LogP contribution in [0.3, 0.4) is 0 Å². The van der Waals surface area contributed by atoms with Crippen LogP contribution in [0.5, 0.6) is 5.75 Å². The van der Waals surface area contributed by atoms with E-state index in [1.165, 1.54) is 33.0 Å². The van der Waals surface area contributed by atoms with E-state index in [9.17, 15) is 0 Å². The van der Waals surface area contributed by atoms with E-state index >= 15 is 0 Å². The van der Waals surface area contributed by atoms with E-state index in [1.54, 1.807) is 0 Å². The number of hydrogen-bond acceptors (Lipinski definition) is 4. The van der Waals surface area contributed by atoms with Crippen molar-refractivity contribution in [3.8, 4) is 28.0 Å². The molecule has 0 N–H and O–H groups in total. The second kappa shape index (κ2) is 12.1. The maximum absolute atomic E-state index is 6.28. The van der Waals surface area contributed by atoms with E-state index in [0.717, 1.165) is 72.3 Å². The van der Waals surface area contributed by atoms with Gasteiger partial charge in [0.1, 0.15) is 34.2 Å². The predicted octanol–water partition coefficient (Wildman–Crippen LogP) is 14.4. The van der Waals surface area contributed by atoms with Crippen LogP contribution in [0.2, 0.25) is 0 Å². The van der Waals surface area contributed by atoms with Gasteiger partial charge < -0.3 is 18.5 Å². The molecule has 3 heterocycles. The highest BCUT2D eigenvalue weighted by molar-refractivity contribution is 6.08. The van der Waals surface area contributed by atoms with Crippen LogP contribution in [0.1, 0.15) is 11.5 Å². The SMILES string of the molecule is C1=CC2Oc3ccc4cc(-c5cccc(-c6ccc(N(c7ccc8oc9ccccc9c8c7)c7ccc8oc9ccccc9c8c7)cc6)c5)ccc4c3C2C=C1. The van der Waals surface area contributed by atoms with Crippen molar-refractivity contribution in [2.75, 3.05) is 4.90 Å². The van der Waals surface area contributed by atoms with E-state index in [1.807, 2.05) is 24.3 Å². The second-order valence-corrected chi connectivity index (χ2v) is 14.8. The van der Waals surface area contributed by atoms with Crippen LogP contribution in [0.15, 0.2) is 197 Å². The van der Waals surface area contributed by atoms with Gasteiger partial charge in [-0.3, -0.25) is 0 Å². The van der Waals surface area contributed by atoms with Crippen LogP contribution in [0, 0.1) is 0 Å². The van der Waals surface area contributed by atoms with Crippen LogP contribution < -0.4 is 9.64 Å². The van der Waals surface area contributed by atoms with Gasteiger partial charge in [0.2, 0.25) is 0 Å². The fourth-order valence-corrected chi connectivity index (χ4v) is 8.90. The minimum absolute atomic E-state index is 0.0800. The first-order valence-electron chi connectivity index (χ1n) is 19.1. The lowest BCUT2D eigenvalue weighted by Crippen LogP contribution is -2.15. The number of para-hydroxylation sites is 2. The Bertz CT molecular complexity index is 3140. The van der Waals surface area contributed by atoms with Gasteiger partial charge in [-0.1, -0.05) is 103 Å². The molecular weight excluding hydrogens is 687 g/mol. The standard InChI is InChI=1S/C52H33NO3/c1-4-13-46-41(10-1)44-30-38(22-26-49(44)54-46)53(39-23-27-50-45(31-39)42-11-2-5-14-47(42)55-50)37-20-16-32(17-21-37)33-8-7-9-34(28-33)35-18-24-40-36(29-35)19-25-51-52(40)43-12-3-6-15-48(43)56-51/h1-31,43,48H. The molecule has 8 aromatic carbocycles. The Morgan fingerprint density at radius 3 is 1.70 bits per heavy atom. The predicted molar refractivity (Wildman–Crippen MR) is 229 cm³/mol. The molecule has 10 aromatic rings. The number of nitrogens with zero attached hydrogens (tertiary/aromatic N) is 1. The number of ether oxygens (including phenoxy) is 1. The summed E-state index contributed by atoms with van der Waals surface area (Å²) in [6.07, 6.45) is 8.71. The molecule has 2 aliphatic rings. The summed E-state index contributed by atoms with van der Waals surface area (Å²) in [7, 11) is 0. The van der Waals surface area contributed by atoms with Gasteiger partial charge in [-0.2, -0.15) is 0 Å². The molecule has 56 heavy (non-hydrogen) atoms. The van der Waals surface area contributed by atoms with Crippen molar-refractivity contribution >= 4 is 71.7 Å². The number of allylic oxidation sites excluding steroid dienone is 2. The Morgan fingerprint density at radius 2 is 0.982 bits per heavy atom. The third kappa shape index (κ3) is 4.86. The number of fused-ring (bicyclic) bond motifs is 11. The number of furan rings is 2. The Labute approximate surface area is 322 Å². The molecule has 12 rings (SSSR count). The Morgan fingerprint density at radius 1 is 0.393 bits per heavy atom. The van der Waals surface area contributed by atoms with Gasteiger partial charge in [0.15, 0.2) is 0 Å². The number of hydrogen-bond donors (Lipinski definition) is 0. The lowest BCUT2D eigenvalue weighted by Gasteiger charge is -2.26. The van der Waals surface area contributed by atoms with Crippen molar-refractivity contribution in [3.05, 3.63) is 194 Å². The number of benzene rings is 8. The molecule has 2 atom stereocenters. The number of rotatable bonds is 5. The lowest BCUT2D eigenvalue weighted by molar-refractivity contribution is 0.269. The highest BCUT2D eigenvalue weighted by atomic mass is 16.5. The quantitative estimate of drug-likeness (QED) is 0.178.